The number of hydrogen-bond donors (Lipinski definition) is 6. The molecule has 38 heavy (non-hydrogen) atoms. The molecule has 1 aromatic rings. The van der Waals surface area contributed by atoms with Crippen LogP contribution in [0.2, 0.25) is 0 Å². The number of phenolic OH excluding ortho intramolecular Hbond substituents is 1. The number of benzene rings is 1. The van der Waals surface area contributed by atoms with Gasteiger partial charge in [-0.15, -0.1) is 0 Å². The first-order valence-corrected chi connectivity index (χ1v) is 10.7. The van der Waals surface area contributed by atoms with E-state index >= 15 is 0 Å². The van der Waals surface area contributed by atoms with Gasteiger partial charge in [0.05, 0.1) is 11.1 Å². The molecule has 198 valence electrons. The summed E-state index contributed by atoms with van der Waals surface area (Å²) >= 11 is 0. The van der Waals surface area contributed by atoms with Crippen LogP contribution < -0.4 is 4.90 Å². The fraction of sp³-hybridized carbons (Fsp3) is 0.167. The highest BCUT2D eigenvalue weighted by molar-refractivity contribution is 6.41. The first-order valence-electron chi connectivity index (χ1n) is 10.7. The molecular formula is C24H20N2O12. The fourth-order valence-corrected chi connectivity index (χ4v) is 3.87. The number of nitrogens with zero attached hydrogens (tertiary/aromatic N) is 2. The van der Waals surface area contributed by atoms with Crippen molar-refractivity contribution in [2.75, 3.05) is 31.1 Å². The maximum absolute atomic E-state index is 12.9. The van der Waals surface area contributed by atoms with E-state index in [1.807, 2.05) is 0 Å². The van der Waals surface area contributed by atoms with Crippen molar-refractivity contribution >= 4 is 46.7 Å². The van der Waals surface area contributed by atoms with Gasteiger partial charge in [-0.2, -0.15) is 0 Å². The number of phenols is 1. The quantitative estimate of drug-likeness (QED) is 0.208. The highest BCUT2D eigenvalue weighted by Gasteiger charge is 2.39. The number of allylic oxidation sites excluding steroid dienone is 6. The van der Waals surface area contributed by atoms with E-state index in [4.69, 9.17) is 20.4 Å². The highest BCUT2D eigenvalue weighted by atomic mass is 16.4. The van der Waals surface area contributed by atoms with Crippen LogP contribution in [0.3, 0.4) is 0 Å². The van der Waals surface area contributed by atoms with Crippen molar-refractivity contribution in [1.82, 2.24) is 4.90 Å². The monoisotopic (exact) mass is 528 g/mol. The van der Waals surface area contributed by atoms with E-state index in [1.165, 1.54) is 18.2 Å². The normalized spacial score (nSPS) is 16.6. The van der Waals surface area contributed by atoms with Crippen molar-refractivity contribution in [3.63, 3.8) is 0 Å². The van der Waals surface area contributed by atoms with E-state index in [9.17, 15) is 39.0 Å². The molecule has 0 atom stereocenters. The van der Waals surface area contributed by atoms with Gasteiger partial charge in [-0.25, -0.2) is 0 Å². The topological polar surface area (TPSA) is 230 Å². The van der Waals surface area contributed by atoms with Gasteiger partial charge in [0, 0.05) is 34.7 Å². The number of aliphatic hydroxyl groups is 1. The second kappa shape index (κ2) is 10.7. The molecule has 0 heterocycles. The molecule has 0 saturated carbocycles. The lowest BCUT2D eigenvalue weighted by atomic mass is 9.79. The van der Waals surface area contributed by atoms with E-state index in [-0.39, 0.29) is 33.7 Å². The van der Waals surface area contributed by atoms with Crippen molar-refractivity contribution in [3.05, 3.63) is 64.6 Å². The summed E-state index contributed by atoms with van der Waals surface area (Å²) < 4.78 is 0. The predicted octanol–water partition coefficient (Wildman–Crippen LogP) is 0.0102. The third-order valence-corrected chi connectivity index (χ3v) is 5.45. The molecule has 0 fully saturated rings. The number of hydrogen-bond acceptors (Lipinski definition) is 10. The van der Waals surface area contributed by atoms with Gasteiger partial charge in [0.2, 0.25) is 5.78 Å². The molecule has 0 spiro atoms. The van der Waals surface area contributed by atoms with Crippen molar-refractivity contribution in [2.24, 2.45) is 0 Å². The van der Waals surface area contributed by atoms with Gasteiger partial charge in [-0.3, -0.25) is 28.8 Å². The minimum Gasteiger partial charge on any atom is -0.507 e. The maximum Gasteiger partial charge on any atom is 0.323 e. The van der Waals surface area contributed by atoms with Crippen LogP contribution in [-0.4, -0.2) is 97.2 Å². The molecule has 0 aliphatic heterocycles. The number of aliphatic carboxylic acids is 4. The van der Waals surface area contributed by atoms with Crippen molar-refractivity contribution in [3.8, 4) is 5.75 Å². The zero-order valence-electron chi connectivity index (χ0n) is 19.3. The molecule has 6 N–H and O–H groups in total. The average Bonchev–Trinajstić information content (AvgIpc) is 2.79. The van der Waals surface area contributed by atoms with E-state index in [0.717, 1.165) is 28.0 Å². The molecule has 0 radical (unpaired) electrons. The van der Waals surface area contributed by atoms with Gasteiger partial charge in [0.15, 0.2) is 5.78 Å². The lowest BCUT2D eigenvalue weighted by Crippen LogP contribution is -2.34. The summed E-state index contributed by atoms with van der Waals surface area (Å²) in [6, 6.07) is 3.46. The van der Waals surface area contributed by atoms with Crippen LogP contribution >= 0.6 is 0 Å². The average molecular weight is 528 g/mol. The molecule has 2 aliphatic carbocycles. The van der Waals surface area contributed by atoms with Gasteiger partial charge in [-0.05, 0) is 24.3 Å². The van der Waals surface area contributed by atoms with Crippen LogP contribution in [0.1, 0.15) is 5.56 Å². The SMILES string of the molecule is O=C(O)CN(CC(=O)O)C1=CC(=O)/C(=C2/C(=O)C(c3ccc(N(CC(=O)O)CC(=O)O)cc3O)=C2O)C=C1. The van der Waals surface area contributed by atoms with Crippen LogP contribution in [0.5, 0.6) is 5.75 Å². The zero-order chi connectivity index (χ0) is 28.3. The Morgan fingerprint density at radius 2 is 1.24 bits per heavy atom. The third kappa shape index (κ3) is 5.70. The molecule has 0 amide bonds. The van der Waals surface area contributed by atoms with E-state index in [2.05, 4.69) is 0 Å². The minimum absolute atomic E-state index is 0.0248. The molecule has 0 saturated heterocycles. The third-order valence-electron chi connectivity index (χ3n) is 5.45. The Kier molecular flexibility index (Phi) is 7.65. The second-order valence-electron chi connectivity index (χ2n) is 8.10. The van der Waals surface area contributed by atoms with Crippen molar-refractivity contribution < 1.29 is 59.4 Å². The van der Waals surface area contributed by atoms with Crippen LogP contribution in [0.15, 0.2) is 59.0 Å². The number of anilines is 1. The first kappa shape index (κ1) is 27.2. The van der Waals surface area contributed by atoms with Gasteiger partial charge in [0.1, 0.15) is 37.7 Å². The van der Waals surface area contributed by atoms with Crippen LogP contribution in [0.25, 0.3) is 5.57 Å². The van der Waals surface area contributed by atoms with Crippen LogP contribution in [0.4, 0.5) is 5.69 Å². The number of carboxylic acid groups (broad SMARTS) is 4. The smallest absolute Gasteiger partial charge is 0.323 e. The first-order chi connectivity index (χ1) is 17.8. The number of carbonyl (C=O) groups excluding carboxylic acids is 2. The summed E-state index contributed by atoms with van der Waals surface area (Å²) in [6.07, 6.45) is 3.28. The molecule has 2 aliphatic rings. The zero-order valence-corrected chi connectivity index (χ0v) is 19.3. The summed E-state index contributed by atoms with van der Waals surface area (Å²) in [5, 5.41) is 57.0. The number of aliphatic hydroxyl groups excluding tert-OH is 1. The number of carboxylic acids is 4. The van der Waals surface area contributed by atoms with E-state index in [1.54, 1.807) is 0 Å². The Bertz CT molecular complexity index is 1370. The van der Waals surface area contributed by atoms with Gasteiger partial charge in [0.25, 0.3) is 0 Å². The largest absolute Gasteiger partial charge is 0.507 e. The van der Waals surface area contributed by atoms with Gasteiger partial charge in [-0.1, -0.05) is 0 Å². The Labute approximate surface area is 212 Å². The number of ketones is 2. The van der Waals surface area contributed by atoms with Crippen molar-refractivity contribution in [1.29, 1.82) is 0 Å². The Morgan fingerprint density at radius 1 is 0.711 bits per heavy atom. The Balaban J connectivity index is 1.92. The van der Waals surface area contributed by atoms with Crippen molar-refractivity contribution in [2.45, 2.75) is 0 Å². The summed E-state index contributed by atoms with van der Waals surface area (Å²) in [7, 11) is 0. The molecule has 3 rings (SSSR count). The second-order valence-corrected chi connectivity index (χ2v) is 8.10. The molecule has 14 heteroatoms. The molecule has 14 nitrogen and oxygen atoms in total. The Morgan fingerprint density at radius 3 is 1.68 bits per heavy atom. The van der Waals surface area contributed by atoms with E-state index in [0.29, 0.717) is 0 Å². The molecule has 0 bridgehead atoms. The van der Waals surface area contributed by atoms with Crippen LogP contribution in [0, 0.1) is 0 Å². The van der Waals surface area contributed by atoms with Crippen LogP contribution in [-0.2, 0) is 28.8 Å². The Hall–Kier alpha value is -5.40. The summed E-state index contributed by atoms with van der Waals surface area (Å²) in [4.78, 5) is 71.6. The summed E-state index contributed by atoms with van der Waals surface area (Å²) in [5.74, 6) is -8.11. The minimum atomic E-state index is -1.34. The van der Waals surface area contributed by atoms with Gasteiger partial charge < -0.3 is 40.4 Å². The number of aromatic hydroxyl groups is 1. The maximum atomic E-state index is 12.9. The highest BCUT2D eigenvalue weighted by Crippen LogP contribution is 2.42. The molecule has 0 aromatic heterocycles. The van der Waals surface area contributed by atoms with Gasteiger partial charge >= 0.3 is 23.9 Å². The molecule has 1 aromatic carbocycles. The lowest BCUT2D eigenvalue weighted by molar-refractivity contribution is -0.141. The number of Topliss-reactive ketones (excluding diaryl/α,β-unsaturated/α-hetero) is 1. The molecule has 0 unspecified atom stereocenters. The lowest BCUT2D eigenvalue weighted by Gasteiger charge is -2.27. The number of rotatable bonds is 11. The standard InChI is InChI=1S/C24H20N2O12/c27-15-5-11(25(7-17(29)30)8-18(31)32)1-3-13(15)21-23(37)22(24(21)38)14-4-2-12(6-16(14)28)26(9-19(33)34)10-20(35)36/h1-6,27,37H,7-10H2,(H,29,30)(H,31,32)(H,33,34)(H,35,36)/b22-14+. The molecular weight excluding hydrogens is 508 g/mol. The summed E-state index contributed by atoms with van der Waals surface area (Å²) in [6.45, 7) is -2.79. The van der Waals surface area contributed by atoms with E-state index < -0.39 is 73.1 Å². The summed E-state index contributed by atoms with van der Waals surface area (Å²) in [5.41, 5.74) is -1.10. The number of carbonyl (C=O) groups is 6. The fourth-order valence-electron chi connectivity index (χ4n) is 3.87. The predicted molar refractivity (Wildman–Crippen MR) is 126 cm³/mol.